The molecule has 0 saturated heterocycles. The highest BCUT2D eigenvalue weighted by Crippen LogP contribution is 2.31. The molecule has 0 spiro atoms. The lowest BCUT2D eigenvalue weighted by molar-refractivity contribution is 0.442. The fourth-order valence-corrected chi connectivity index (χ4v) is 4.47. The third kappa shape index (κ3) is 3.70. The van der Waals surface area contributed by atoms with Crippen LogP contribution < -0.4 is 0 Å². The van der Waals surface area contributed by atoms with Crippen molar-refractivity contribution in [3.8, 4) is 5.75 Å². The smallest absolute Gasteiger partial charge is 0.128 e. The van der Waals surface area contributed by atoms with Crippen LogP contribution >= 0.6 is 0 Å². The quantitative estimate of drug-likeness (QED) is 0.723. The normalized spacial score (nSPS) is 18.6. The van der Waals surface area contributed by atoms with Crippen LogP contribution in [0.5, 0.6) is 5.75 Å². The molecule has 0 unspecified atom stereocenters. The van der Waals surface area contributed by atoms with Crippen LogP contribution in [0, 0.1) is 0 Å². The Morgan fingerprint density at radius 1 is 0.808 bits per heavy atom. The molecule has 4 bridgehead atoms. The molecule has 0 amide bonds. The summed E-state index contributed by atoms with van der Waals surface area (Å²) >= 11 is 0. The minimum atomic E-state index is 0.436. The van der Waals surface area contributed by atoms with Gasteiger partial charge in [-0.3, -0.25) is 4.99 Å². The summed E-state index contributed by atoms with van der Waals surface area (Å²) in [7, 11) is 0. The molecule has 0 radical (unpaired) electrons. The Morgan fingerprint density at radius 2 is 1.38 bits per heavy atom. The van der Waals surface area contributed by atoms with Crippen molar-refractivity contribution in [2.45, 2.75) is 70.8 Å². The number of phenols is 1. The van der Waals surface area contributed by atoms with Crippen LogP contribution in [0.2, 0.25) is 0 Å². The number of aromatic hydroxyl groups is 1. The fourth-order valence-electron chi connectivity index (χ4n) is 4.47. The summed E-state index contributed by atoms with van der Waals surface area (Å²) in [6.45, 7) is 2.09. The van der Waals surface area contributed by atoms with Crippen molar-refractivity contribution < 1.29 is 5.11 Å². The molecule has 0 aromatic heterocycles. The minimum Gasteiger partial charge on any atom is -0.507 e. The second-order valence-electron chi connectivity index (χ2n) is 7.93. The summed E-state index contributed by atoms with van der Waals surface area (Å²) in [5.41, 5.74) is 7.01. The van der Waals surface area contributed by atoms with Crippen LogP contribution in [0.15, 0.2) is 41.4 Å². The van der Waals surface area contributed by atoms with Gasteiger partial charge in [0.2, 0.25) is 0 Å². The summed E-state index contributed by atoms with van der Waals surface area (Å²) in [6, 6.07) is 13.8. The number of nitrogens with zero attached hydrogens (tertiary/aromatic N) is 1. The van der Waals surface area contributed by atoms with Crippen LogP contribution in [0.1, 0.15) is 66.8 Å². The van der Waals surface area contributed by atoms with Crippen LogP contribution in [0.4, 0.5) is 0 Å². The van der Waals surface area contributed by atoms with Gasteiger partial charge in [0.05, 0.1) is 6.04 Å². The molecule has 1 N–H and O–H groups in total. The highest BCUT2D eigenvalue weighted by atomic mass is 16.3. The van der Waals surface area contributed by atoms with Crippen molar-refractivity contribution in [3.05, 3.63) is 64.2 Å². The monoisotopic (exact) mass is 347 g/mol. The summed E-state index contributed by atoms with van der Waals surface area (Å²) < 4.78 is 0. The molecule has 2 aromatic carbocycles. The van der Waals surface area contributed by atoms with E-state index < -0.39 is 0 Å². The maximum absolute atomic E-state index is 11.1. The molecule has 0 atom stereocenters. The first-order valence-corrected chi connectivity index (χ1v) is 10.2. The van der Waals surface area contributed by atoms with E-state index in [0.29, 0.717) is 11.8 Å². The summed E-state index contributed by atoms with van der Waals surface area (Å²) in [5, 5.41) is 11.1. The molecular formula is C24H29NO. The first-order chi connectivity index (χ1) is 12.7. The van der Waals surface area contributed by atoms with Gasteiger partial charge in [0.15, 0.2) is 0 Å². The van der Waals surface area contributed by atoms with Crippen LogP contribution in [-0.2, 0) is 25.7 Å². The molecule has 2 nitrogen and oxygen atoms in total. The van der Waals surface area contributed by atoms with Gasteiger partial charge in [0.25, 0.3) is 0 Å². The van der Waals surface area contributed by atoms with Gasteiger partial charge in [-0.05, 0) is 67.7 Å². The van der Waals surface area contributed by atoms with Crippen molar-refractivity contribution in [1.82, 2.24) is 0 Å². The van der Waals surface area contributed by atoms with Crippen LogP contribution in [0.3, 0.4) is 0 Å². The summed E-state index contributed by atoms with van der Waals surface area (Å²) in [5.74, 6) is 0.467. The molecule has 5 aliphatic carbocycles. The molecule has 1 saturated carbocycles. The van der Waals surface area contributed by atoms with E-state index in [-0.39, 0.29) is 0 Å². The second-order valence-corrected chi connectivity index (χ2v) is 7.93. The minimum absolute atomic E-state index is 0.436. The molecule has 2 aromatic rings. The van der Waals surface area contributed by atoms with Crippen LogP contribution in [-0.4, -0.2) is 16.9 Å². The molecule has 5 aliphatic rings. The lowest BCUT2D eigenvalue weighted by atomic mass is 9.90. The first-order valence-electron chi connectivity index (χ1n) is 10.2. The van der Waals surface area contributed by atoms with Crippen molar-refractivity contribution in [2.75, 3.05) is 0 Å². The maximum atomic E-state index is 11.1. The van der Waals surface area contributed by atoms with E-state index in [4.69, 9.17) is 4.99 Å². The first kappa shape index (κ1) is 17.3. The number of aryl methyl sites for hydroxylation is 4. The van der Waals surface area contributed by atoms with Gasteiger partial charge in [-0.15, -0.1) is 0 Å². The lowest BCUT2D eigenvalue weighted by Gasteiger charge is -2.21. The molecule has 0 aliphatic heterocycles. The fraction of sp³-hybridized carbons (Fsp3) is 0.458. The highest BCUT2D eigenvalue weighted by Gasteiger charge is 2.18. The Morgan fingerprint density at radius 3 is 2.04 bits per heavy atom. The Bertz CT molecular complexity index is 798. The van der Waals surface area contributed by atoms with Crippen molar-refractivity contribution in [1.29, 1.82) is 0 Å². The molecule has 2 heteroatoms. The maximum Gasteiger partial charge on any atom is 0.128 e. The van der Waals surface area contributed by atoms with Gasteiger partial charge < -0.3 is 5.11 Å². The molecule has 0 heterocycles. The SMILES string of the molecule is CC(=NC1CCCCC1)c1c2ccc(c1O)CCc1ccc(cc1)CC2. The highest BCUT2D eigenvalue weighted by molar-refractivity contribution is 6.03. The zero-order valence-corrected chi connectivity index (χ0v) is 15.8. The van der Waals surface area contributed by atoms with E-state index in [1.54, 1.807) is 0 Å². The summed E-state index contributed by atoms with van der Waals surface area (Å²) in [4.78, 5) is 5.04. The average molecular weight is 348 g/mol. The van der Waals surface area contributed by atoms with Gasteiger partial charge in [0, 0.05) is 11.3 Å². The predicted octanol–water partition coefficient (Wildman–Crippen LogP) is 5.42. The number of benzene rings is 2. The number of hydrogen-bond acceptors (Lipinski definition) is 2. The van der Waals surface area contributed by atoms with E-state index in [1.807, 2.05) is 0 Å². The zero-order valence-electron chi connectivity index (χ0n) is 15.8. The van der Waals surface area contributed by atoms with Gasteiger partial charge in [-0.25, -0.2) is 0 Å². The number of hydrogen-bond donors (Lipinski definition) is 1. The summed E-state index contributed by atoms with van der Waals surface area (Å²) in [6.07, 6.45) is 10.1. The Labute approximate surface area is 157 Å². The average Bonchev–Trinajstić information content (AvgIpc) is 2.65. The Kier molecular flexibility index (Phi) is 5.10. The number of phenolic OH excluding ortho intramolecular Hbond substituents is 1. The molecule has 136 valence electrons. The third-order valence-corrected chi connectivity index (χ3v) is 6.05. The number of rotatable bonds is 2. The van der Waals surface area contributed by atoms with Gasteiger partial charge in [-0.2, -0.15) is 0 Å². The van der Waals surface area contributed by atoms with Crippen molar-refractivity contribution in [2.24, 2.45) is 4.99 Å². The van der Waals surface area contributed by atoms with Crippen molar-refractivity contribution in [3.63, 3.8) is 0 Å². The van der Waals surface area contributed by atoms with E-state index in [2.05, 4.69) is 43.3 Å². The predicted molar refractivity (Wildman–Crippen MR) is 108 cm³/mol. The second kappa shape index (κ2) is 7.65. The van der Waals surface area contributed by atoms with Gasteiger partial charge >= 0.3 is 0 Å². The van der Waals surface area contributed by atoms with E-state index in [9.17, 15) is 5.11 Å². The molecule has 1 fully saturated rings. The Hall–Kier alpha value is -2.09. The van der Waals surface area contributed by atoms with Crippen LogP contribution in [0.25, 0.3) is 0 Å². The largest absolute Gasteiger partial charge is 0.507 e. The number of aliphatic imine (C=N–C) groups is 1. The zero-order chi connectivity index (χ0) is 17.9. The lowest BCUT2D eigenvalue weighted by Crippen LogP contribution is -2.14. The Balaban J connectivity index is 1.71. The standard InChI is InChI=1S/C24H29NO/c1-17(25-22-5-3-2-4-6-22)23-20-13-11-18-7-9-19(10-8-18)12-14-21(16-15-20)24(23)26/h7-10,15-16,22,26H,2-6,11-14H2,1H3. The third-order valence-electron chi connectivity index (χ3n) is 6.05. The van der Waals surface area contributed by atoms with Gasteiger partial charge in [-0.1, -0.05) is 55.7 Å². The van der Waals surface area contributed by atoms with Crippen molar-refractivity contribution >= 4 is 5.71 Å². The van der Waals surface area contributed by atoms with Gasteiger partial charge in [0.1, 0.15) is 5.75 Å². The van der Waals surface area contributed by atoms with E-state index in [1.165, 1.54) is 48.8 Å². The van der Waals surface area contributed by atoms with E-state index in [0.717, 1.165) is 42.5 Å². The topological polar surface area (TPSA) is 32.6 Å². The molecule has 7 rings (SSSR count). The molecular weight excluding hydrogens is 318 g/mol. The molecule has 26 heavy (non-hydrogen) atoms. The van der Waals surface area contributed by atoms with E-state index >= 15 is 0 Å².